The van der Waals surface area contributed by atoms with Crippen molar-refractivity contribution in [3.8, 4) is 0 Å². The average molecular weight is 1120 g/mol. The number of nitrogens with one attached hydrogen (secondary N) is 3. The molecule has 3 heterocycles. The second kappa shape index (κ2) is 54.1. The van der Waals surface area contributed by atoms with Crippen LogP contribution in [0, 0.1) is 0 Å². The minimum atomic E-state index is 0.172. The van der Waals surface area contributed by atoms with E-state index in [2.05, 4.69) is 122 Å². The summed E-state index contributed by atoms with van der Waals surface area (Å²) in [5.41, 5.74) is 0. The molecule has 21 heteroatoms. The zero-order valence-corrected chi connectivity index (χ0v) is 51.9. The SMILES string of the molecule is CC(C)OCCCN1CN(CCCOC(C)C)CN(CCCOC(C)C)C1.CCCOCCCN1CN(CCCOCCC)CN(CCCOCCC)C1.OCCNCCN1CN(CCNCCO)CN(CCNCCO)C1. The zero-order valence-electron chi connectivity index (χ0n) is 51.9. The highest BCUT2D eigenvalue weighted by molar-refractivity contribution is 4.74. The topological polar surface area (TPSA) is 181 Å². The van der Waals surface area contributed by atoms with Crippen LogP contribution in [0.1, 0.15) is 120 Å². The van der Waals surface area contributed by atoms with Gasteiger partial charge in [-0.15, -0.1) is 0 Å². The molecule has 3 aliphatic heterocycles. The molecule has 0 aliphatic carbocycles. The molecular formula is C57H126N12O9. The third-order valence-electron chi connectivity index (χ3n) is 12.8. The molecule has 0 aromatic carbocycles. The minimum Gasteiger partial charge on any atom is -0.395 e. The van der Waals surface area contributed by atoms with E-state index < -0.39 is 0 Å². The fourth-order valence-corrected chi connectivity index (χ4v) is 9.28. The summed E-state index contributed by atoms with van der Waals surface area (Å²) < 4.78 is 34.0. The third kappa shape index (κ3) is 45.6. The molecule has 0 aromatic rings. The molecule has 3 aliphatic rings. The molecule has 0 amide bonds. The molecular weight excluding hydrogens is 997 g/mol. The van der Waals surface area contributed by atoms with Crippen LogP contribution in [0.5, 0.6) is 0 Å². The van der Waals surface area contributed by atoms with Crippen LogP contribution in [0.2, 0.25) is 0 Å². The van der Waals surface area contributed by atoms with E-state index in [9.17, 15) is 0 Å². The molecule has 0 atom stereocenters. The highest BCUT2D eigenvalue weighted by atomic mass is 16.5. The Morgan fingerprint density at radius 3 is 0.692 bits per heavy atom. The zero-order chi connectivity index (χ0) is 57.1. The number of aliphatic hydroxyl groups excluding tert-OH is 3. The summed E-state index contributed by atoms with van der Waals surface area (Å²) in [5.74, 6) is 0. The summed E-state index contributed by atoms with van der Waals surface area (Å²) in [4.78, 5) is 22.5. The van der Waals surface area contributed by atoms with E-state index in [1.165, 1.54) is 0 Å². The van der Waals surface area contributed by atoms with Crippen molar-refractivity contribution >= 4 is 0 Å². The van der Waals surface area contributed by atoms with Gasteiger partial charge in [0, 0.05) is 158 Å². The number of rotatable bonds is 48. The predicted octanol–water partition coefficient (Wildman–Crippen LogP) is 2.98. The first-order valence-electron chi connectivity index (χ1n) is 31.0. The predicted molar refractivity (Wildman–Crippen MR) is 318 cm³/mol. The van der Waals surface area contributed by atoms with Crippen molar-refractivity contribution in [1.82, 2.24) is 60.0 Å². The highest BCUT2D eigenvalue weighted by Gasteiger charge is 2.25. The van der Waals surface area contributed by atoms with E-state index in [1.54, 1.807) is 0 Å². The largest absolute Gasteiger partial charge is 0.395 e. The van der Waals surface area contributed by atoms with Crippen molar-refractivity contribution in [1.29, 1.82) is 0 Å². The van der Waals surface area contributed by atoms with Crippen LogP contribution < -0.4 is 16.0 Å². The van der Waals surface area contributed by atoms with Gasteiger partial charge in [-0.3, -0.25) is 44.1 Å². The smallest absolute Gasteiger partial charge is 0.0555 e. The van der Waals surface area contributed by atoms with Gasteiger partial charge in [0.15, 0.2) is 0 Å². The first kappa shape index (κ1) is 75.2. The Morgan fingerprint density at radius 1 is 0.295 bits per heavy atom. The fourth-order valence-electron chi connectivity index (χ4n) is 9.28. The van der Waals surface area contributed by atoms with Crippen LogP contribution in [-0.4, -0.2) is 315 Å². The summed E-state index contributed by atoms with van der Waals surface area (Å²) in [6, 6.07) is 0. The van der Waals surface area contributed by atoms with E-state index in [1.807, 2.05) is 0 Å². The van der Waals surface area contributed by atoms with Crippen molar-refractivity contribution in [3.63, 3.8) is 0 Å². The summed E-state index contributed by atoms with van der Waals surface area (Å²) in [6.45, 7) is 50.5. The van der Waals surface area contributed by atoms with Crippen LogP contribution in [0.4, 0.5) is 0 Å². The lowest BCUT2D eigenvalue weighted by Crippen LogP contribution is -2.57. The normalized spacial score (nSPS) is 17.4. The number of hydrogen-bond donors (Lipinski definition) is 6. The minimum absolute atomic E-state index is 0.172. The van der Waals surface area contributed by atoms with Gasteiger partial charge in [-0.1, -0.05) is 20.8 Å². The molecule has 3 saturated heterocycles. The van der Waals surface area contributed by atoms with Crippen molar-refractivity contribution in [2.45, 2.75) is 138 Å². The van der Waals surface area contributed by atoms with Crippen molar-refractivity contribution in [3.05, 3.63) is 0 Å². The lowest BCUT2D eigenvalue weighted by molar-refractivity contribution is -0.0421. The fraction of sp³-hybridized carbons (Fsp3) is 1.00. The van der Waals surface area contributed by atoms with E-state index in [-0.39, 0.29) is 19.8 Å². The second-order valence-corrected chi connectivity index (χ2v) is 22.0. The van der Waals surface area contributed by atoms with Crippen LogP contribution in [0.25, 0.3) is 0 Å². The molecule has 0 spiro atoms. The number of nitrogens with zero attached hydrogens (tertiary/aromatic N) is 9. The molecule has 0 aromatic heterocycles. The quantitative estimate of drug-likeness (QED) is 0.0490. The summed E-state index contributed by atoms with van der Waals surface area (Å²) in [5, 5.41) is 36.1. The molecule has 468 valence electrons. The lowest BCUT2D eigenvalue weighted by atomic mass is 10.3. The molecule has 0 unspecified atom stereocenters. The molecule has 6 N–H and O–H groups in total. The number of hydrogen-bond acceptors (Lipinski definition) is 21. The number of ether oxygens (including phenoxy) is 6. The Balaban J connectivity index is 0.000000586. The standard InChI is InChI=1S/2C21H45N3O3.C15H36N6O3/c1-19(2)25-13-7-10-22-16-23(11-8-14-26-20(3)4)18-24(17-22)12-9-15-27-21(5)6;1-4-13-25-16-7-10-22-19-23(11-8-17-26-14-5-2)21-24(20-22)12-9-18-27-15-6-3;22-10-4-16-1-7-19-13-20(8-2-17-5-11-23)15-21(14-19)9-3-18-6-12-24/h19-21H,7-18H2,1-6H3;4-21H2,1-3H3;16-18,22-24H,1-15H2. The Hall–Kier alpha value is -0.840. The molecule has 3 fully saturated rings. The van der Waals surface area contributed by atoms with Crippen molar-refractivity contribution in [2.75, 3.05) is 237 Å². The maximum atomic E-state index is 8.83. The maximum absolute atomic E-state index is 8.83. The summed E-state index contributed by atoms with van der Waals surface area (Å²) in [6.07, 6.45) is 10.9. The molecule has 21 nitrogen and oxygen atoms in total. The first-order chi connectivity index (χ1) is 38.0. The van der Waals surface area contributed by atoms with Gasteiger partial charge in [0.2, 0.25) is 0 Å². The molecule has 0 saturated carbocycles. The lowest BCUT2D eigenvalue weighted by Gasteiger charge is -2.42. The van der Waals surface area contributed by atoms with Crippen LogP contribution in [0.3, 0.4) is 0 Å². The van der Waals surface area contributed by atoms with Gasteiger partial charge in [-0.25, -0.2) is 0 Å². The summed E-state index contributed by atoms with van der Waals surface area (Å²) >= 11 is 0. The monoisotopic (exact) mass is 1120 g/mol. The Labute approximate surface area is 478 Å². The van der Waals surface area contributed by atoms with E-state index in [0.717, 1.165) is 256 Å². The molecule has 3 rings (SSSR count). The third-order valence-corrected chi connectivity index (χ3v) is 12.8. The van der Waals surface area contributed by atoms with Gasteiger partial charge in [0.1, 0.15) is 0 Å². The second-order valence-electron chi connectivity index (χ2n) is 22.0. The Morgan fingerprint density at radius 2 is 0.500 bits per heavy atom. The van der Waals surface area contributed by atoms with Crippen molar-refractivity contribution in [2.24, 2.45) is 0 Å². The van der Waals surface area contributed by atoms with Crippen LogP contribution in [0.15, 0.2) is 0 Å². The molecule has 78 heavy (non-hydrogen) atoms. The average Bonchev–Trinajstić information content (AvgIpc) is 3.42. The van der Waals surface area contributed by atoms with Gasteiger partial charge in [0.05, 0.1) is 98.2 Å². The van der Waals surface area contributed by atoms with E-state index >= 15 is 0 Å². The maximum Gasteiger partial charge on any atom is 0.0555 e. The van der Waals surface area contributed by atoms with Gasteiger partial charge < -0.3 is 59.7 Å². The Kier molecular flexibility index (Phi) is 52.2. The van der Waals surface area contributed by atoms with E-state index in [0.29, 0.717) is 37.9 Å². The van der Waals surface area contributed by atoms with Gasteiger partial charge >= 0.3 is 0 Å². The van der Waals surface area contributed by atoms with E-state index in [4.69, 9.17) is 43.7 Å². The number of aliphatic hydroxyl groups is 3. The molecule has 0 bridgehead atoms. The first-order valence-corrected chi connectivity index (χ1v) is 31.0. The van der Waals surface area contributed by atoms with Crippen LogP contribution >= 0.6 is 0 Å². The van der Waals surface area contributed by atoms with Gasteiger partial charge in [-0.2, -0.15) is 0 Å². The van der Waals surface area contributed by atoms with Crippen molar-refractivity contribution < 1.29 is 43.7 Å². The Bertz CT molecular complexity index is 1090. The van der Waals surface area contributed by atoms with Gasteiger partial charge in [0.25, 0.3) is 0 Å². The molecule has 0 radical (unpaired) electrons. The van der Waals surface area contributed by atoms with Crippen LogP contribution in [-0.2, 0) is 28.4 Å². The highest BCUT2D eigenvalue weighted by Crippen LogP contribution is 2.13. The van der Waals surface area contributed by atoms with Gasteiger partial charge in [-0.05, 0) is 99.3 Å². The summed E-state index contributed by atoms with van der Waals surface area (Å²) in [7, 11) is 0.